The molecule has 170 valence electrons. The summed E-state index contributed by atoms with van der Waals surface area (Å²) >= 11 is 0. The highest BCUT2D eigenvalue weighted by molar-refractivity contribution is 6.39. The summed E-state index contributed by atoms with van der Waals surface area (Å²) in [6.45, 7) is 1.10. The monoisotopic (exact) mass is 437 g/mol. The van der Waals surface area contributed by atoms with Crippen molar-refractivity contribution >= 4 is 29.1 Å². The second kappa shape index (κ2) is 7.30. The molecule has 0 aromatic heterocycles. The van der Waals surface area contributed by atoms with Gasteiger partial charge in [-0.05, 0) is 91.9 Å². The van der Waals surface area contributed by atoms with Crippen LogP contribution in [0, 0.1) is 23.7 Å². The normalized spacial score (nSPS) is 33.9. The summed E-state index contributed by atoms with van der Waals surface area (Å²) in [5.41, 5.74) is 3.44. The van der Waals surface area contributed by atoms with Crippen molar-refractivity contribution in [3.63, 3.8) is 0 Å². The van der Waals surface area contributed by atoms with Gasteiger partial charge >= 0.3 is 11.8 Å². The molecule has 4 bridgehead atoms. The molecule has 4 aliphatic carbocycles. The first-order valence-corrected chi connectivity index (χ1v) is 12.1. The van der Waals surface area contributed by atoms with Crippen molar-refractivity contribution in [2.75, 3.05) is 30.4 Å². The zero-order chi connectivity index (χ0) is 22.0. The highest BCUT2D eigenvalue weighted by Gasteiger charge is 2.57. The van der Waals surface area contributed by atoms with Gasteiger partial charge in [0.1, 0.15) is 0 Å². The Hall–Kier alpha value is -2.41. The van der Waals surface area contributed by atoms with Crippen LogP contribution >= 0.6 is 0 Å². The van der Waals surface area contributed by atoms with Crippen LogP contribution in [0.2, 0.25) is 0 Å². The number of hydrogen-bond donors (Lipinski definition) is 2. The molecular weight excluding hydrogens is 406 g/mol. The highest BCUT2D eigenvalue weighted by atomic mass is 16.5. The topological polar surface area (TPSA) is 87.7 Å². The van der Waals surface area contributed by atoms with Gasteiger partial charge in [-0.25, -0.2) is 0 Å². The van der Waals surface area contributed by atoms with Crippen molar-refractivity contribution in [1.29, 1.82) is 0 Å². The van der Waals surface area contributed by atoms with Crippen LogP contribution in [-0.4, -0.2) is 43.5 Å². The number of methoxy groups -OCH3 is 1. The van der Waals surface area contributed by atoms with E-state index in [-0.39, 0.29) is 11.5 Å². The third kappa shape index (κ3) is 3.00. The molecule has 0 spiro atoms. The van der Waals surface area contributed by atoms with E-state index in [9.17, 15) is 14.4 Å². The maximum atomic E-state index is 12.7. The van der Waals surface area contributed by atoms with Gasteiger partial charge in [0.05, 0.1) is 11.3 Å². The minimum Gasteiger partial charge on any atom is -0.376 e. The van der Waals surface area contributed by atoms with Crippen molar-refractivity contribution in [2.45, 2.75) is 57.0 Å². The lowest BCUT2D eigenvalue weighted by Gasteiger charge is -2.60. The molecule has 0 atom stereocenters. The summed E-state index contributed by atoms with van der Waals surface area (Å²) in [4.78, 5) is 39.3. The summed E-state index contributed by atoms with van der Waals surface area (Å²) in [5, 5.41) is 5.68. The molecule has 4 fully saturated rings. The van der Waals surface area contributed by atoms with E-state index in [1.807, 2.05) is 17.0 Å². The number of nitrogens with one attached hydrogen (secondary N) is 2. The molecule has 2 aliphatic heterocycles. The van der Waals surface area contributed by atoms with E-state index in [0.29, 0.717) is 43.5 Å². The van der Waals surface area contributed by atoms with Crippen molar-refractivity contribution in [3.05, 3.63) is 23.3 Å². The van der Waals surface area contributed by atoms with Crippen LogP contribution in [-0.2, 0) is 32.0 Å². The number of rotatable bonds is 4. The van der Waals surface area contributed by atoms with E-state index in [4.69, 9.17) is 4.74 Å². The fourth-order valence-electron chi connectivity index (χ4n) is 7.69. The quantitative estimate of drug-likeness (QED) is 0.709. The van der Waals surface area contributed by atoms with Crippen LogP contribution in [0.1, 0.15) is 49.7 Å². The third-order valence-electron chi connectivity index (χ3n) is 8.94. The number of hydrogen-bond acceptors (Lipinski definition) is 4. The molecule has 7 heteroatoms. The molecule has 6 aliphatic rings. The number of carbonyl (C=O) groups is 3. The molecule has 1 aromatic carbocycles. The van der Waals surface area contributed by atoms with Crippen molar-refractivity contribution < 1.29 is 19.1 Å². The number of carbonyl (C=O) groups excluding carboxylic acids is 3. The standard InChI is InChI=1S/C25H31N3O4/c1-32-25(18-7-14-6-15(9-18)10-19(25)8-14)13-26-23(30)24(31)27-20-11-16-2-3-21(29)28-5-4-17(12-20)22(16)28/h11-12,14-15,18-19H,2-10,13H2,1H3,(H,26,30)(H,27,31). The lowest BCUT2D eigenvalue weighted by atomic mass is 9.49. The van der Waals surface area contributed by atoms with Gasteiger partial charge in [-0.15, -0.1) is 0 Å². The second-order valence-corrected chi connectivity index (χ2v) is 10.5. The van der Waals surface area contributed by atoms with Crippen LogP contribution < -0.4 is 15.5 Å². The molecule has 2 N–H and O–H groups in total. The van der Waals surface area contributed by atoms with Gasteiger partial charge in [0.15, 0.2) is 0 Å². The molecule has 2 heterocycles. The maximum absolute atomic E-state index is 12.7. The first-order valence-electron chi connectivity index (χ1n) is 12.1. The average Bonchev–Trinajstić information content (AvgIpc) is 3.21. The first kappa shape index (κ1) is 20.2. The van der Waals surface area contributed by atoms with E-state index in [1.165, 1.54) is 32.1 Å². The number of benzene rings is 1. The van der Waals surface area contributed by atoms with E-state index < -0.39 is 11.8 Å². The van der Waals surface area contributed by atoms with E-state index in [2.05, 4.69) is 10.6 Å². The van der Waals surface area contributed by atoms with Crippen LogP contribution in [0.4, 0.5) is 11.4 Å². The number of anilines is 2. The van der Waals surface area contributed by atoms with Gasteiger partial charge in [0.2, 0.25) is 5.91 Å². The molecule has 0 unspecified atom stereocenters. The van der Waals surface area contributed by atoms with E-state index >= 15 is 0 Å². The minimum absolute atomic E-state index is 0.171. The fraction of sp³-hybridized carbons (Fsp3) is 0.640. The van der Waals surface area contributed by atoms with E-state index in [1.54, 1.807) is 7.11 Å². The molecule has 32 heavy (non-hydrogen) atoms. The third-order valence-corrected chi connectivity index (χ3v) is 8.94. The van der Waals surface area contributed by atoms with Crippen LogP contribution in [0.25, 0.3) is 0 Å². The maximum Gasteiger partial charge on any atom is 0.313 e. The van der Waals surface area contributed by atoms with Gasteiger partial charge in [0, 0.05) is 32.3 Å². The summed E-state index contributed by atoms with van der Waals surface area (Å²) in [7, 11) is 1.76. The number of ether oxygens (including phenoxy) is 1. The van der Waals surface area contributed by atoms with Crippen LogP contribution in [0.3, 0.4) is 0 Å². The predicted octanol–water partition coefficient (Wildman–Crippen LogP) is 2.42. The molecule has 0 radical (unpaired) electrons. The summed E-state index contributed by atoms with van der Waals surface area (Å²) in [6.07, 6.45) is 8.03. The van der Waals surface area contributed by atoms with Gasteiger partial charge < -0.3 is 20.3 Å². The molecule has 7 rings (SSSR count). The second-order valence-electron chi connectivity index (χ2n) is 10.5. The minimum atomic E-state index is -0.644. The highest BCUT2D eigenvalue weighted by Crippen LogP contribution is 2.59. The molecule has 4 saturated carbocycles. The Morgan fingerprint density at radius 2 is 1.66 bits per heavy atom. The Morgan fingerprint density at radius 3 is 2.31 bits per heavy atom. The SMILES string of the molecule is COC1(CNC(=O)C(=O)Nc2cc3c4c(c2)CCN4C(=O)CC3)C2CC3CC(C2)CC1C3. The zero-order valence-electron chi connectivity index (χ0n) is 18.6. The Morgan fingerprint density at radius 1 is 1.00 bits per heavy atom. The lowest BCUT2D eigenvalue weighted by molar-refractivity contribution is -0.188. The largest absolute Gasteiger partial charge is 0.376 e. The molecule has 0 saturated heterocycles. The summed E-state index contributed by atoms with van der Waals surface area (Å²) < 4.78 is 6.09. The Balaban J connectivity index is 1.13. The number of amides is 3. The van der Waals surface area contributed by atoms with Crippen molar-refractivity contribution in [2.24, 2.45) is 23.7 Å². The van der Waals surface area contributed by atoms with Crippen LogP contribution in [0.15, 0.2) is 12.1 Å². The lowest BCUT2D eigenvalue weighted by Crippen LogP contribution is -2.63. The van der Waals surface area contributed by atoms with Gasteiger partial charge in [-0.3, -0.25) is 14.4 Å². The Labute approximate surface area is 188 Å². The van der Waals surface area contributed by atoms with Crippen molar-refractivity contribution in [3.8, 4) is 0 Å². The molecule has 3 amide bonds. The predicted molar refractivity (Wildman–Crippen MR) is 119 cm³/mol. The number of aryl methyl sites for hydroxylation is 1. The molecular formula is C25H31N3O4. The van der Waals surface area contributed by atoms with Gasteiger partial charge in [0.25, 0.3) is 0 Å². The number of nitrogens with zero attached hydrogens (tertiary/aromatic N) is 1. The summed E-state index contributed by atoms with van der Waals surface area (Å²) in [6, 6.07) is 3.81. The first-order chi connectivity index (χ1) is 15.5. The Kier molecular flexibility index (Phi) is 4.61. The molecule has 1 aromatic rings. The van der Waals surface area contributed by atoms with Crippen molar-refractivity contribution in [1.82, 2.24) is 5.32 Å². The zero-order valence-corrected chi connectivity index (χ0v) is 18.6. The van der Waals surface area contributed by atoms with Gasteiger partial charge in [-0.1, -0.05) is 0 Å². The van der Waals surface area contributed by atoms with E-state index in [0.717, 1.165) is 35.1 Å². The smallest absolute Gasteiger partial charge is 0.313 e. The summed E-state index contributed by atoms with van der Waals surface area (Å²) in [5.74, 6) is 1.49. The van der Waals surface area contributed by atoms with Gasteiger partial charge in [-0.2, -0.15) is 0 Å². The fourth-order valence-corrected chi connectivity index (χ4v) is 7.69. The van der Waals surface area contributed by atoms with Crippen LogP contribution in [0.5, 0.6) is 0 Å². The average molecular weight is 438 g/mol. The Bertz CT molecular complexity index is 975. The molecule has 7 nitrogen and oxygen atoms in total.